The molecule has 39 heavy (non-hydrogen) atoms. The van der Waals surface area contributed by atoms with Crippen LogP contribution >= 0.6 is 11.8 Å². The smallest absolute Gasteiger partial charge is 0.415 e. The van der Waals surface area contributed by atoms with Crippen LogP contribution in [0.25, 0.3) is 0 Å². The average molecular weight is 556 g/mol. The lowest BCUT2D eigenvalue weighted by Gasteiger charge is -2.52. The number of carbonyl (C=O) groups excluding carboxylic acids is 1. The van der Waals surface area contributed by atoms with Crippen LogP contribution in [0.15, 0.2) is 71.6 Å². The molecule has 3 aromatic rings. The molecule has 206 valence electrons. The Hall–Kier alpha value is -2.97. The topological polar surface area (TPSA) is 29.5 Å². The first kappa shape index (κ1) is 27.6. The van der Waals surface area contributed by atoms with Gasteiger partial charge >= 0.3 is 6.09 Å². The summed E-state index contributed by atoms with van der Waals surface area (Å²) < 4.78 is 48.5. The maximum Gasteiger partial charge on any atom is 0.415 e. The quantitative estimate of drug-likeness (QED) is 0.157. The number of thioether (sulfide) groups is 1. The molecule has 0 aliphatic carbocycles. The van der Waals surface area contributed by atoms with Gasteiger partial charge < -0.3 is 9.22 Å². The van der Waals surface area contributed by atoms with E-state index in [9.17, 15) is 18.0 Å². The van der Waals surface area contributed by atoms with Gasteiger partial charge in [0.2, 0.25) is 0 Å². The zero-order valence-electron chi connectivity index (χ0n) is 22.1. The lowest BCUT2D eigenvalue weighted by atomic mass is 9.83. The molecule has 2 bridgehead atoms. The summed E-state index contributed by atoms with van der Waals surface area (Å²) >= 11 is 1.55. The highest BCUT2D eigenvalue weighted by atomic mass is 32.2. The maximum absolute atomic E-state index is 14.0. The normalized spacial score (nSPS) is 22.1. The van der Waals surface area contributed by atoms with Crippen molar-refractivity contribution >= 4 is 23.5 Å². The molecule has 1 atom stereocenters. The number of ether oxygens (including phenoxy) is 1. The fourth-order valence-electron chi connectivity index (χ4n) is 5.88. The van der Waals surface area contributed by atoms with E-state index in [0.717, 1.165) is 73.4 Å². The van der Waals surface area contributed by atoms with E-state index >= 15 is 0 Å². The van der Waals surface area contributed by atoms with E-state index in [4.69, 9.17) is 4.74 Å². The minimum Gasteiger partial charge on any atom is -0.440 e. The predicted octanol–water partition coefficient (Wildman–Crippen LogP) is 7.35. The van der Waals surface area contributed by atoms with Crippen molar-refractivity contribution in [2.45, 2.75) is 43.7 Å². The number of fused-ring (bicyclic) bond motifs is 3. The third-order valence-corrected chi connectivity index (χ3v) is 9.16. The molecular formula is C31H34F3N2O2S+. The fraction of sp³-hybridized carbons (Fsp3) is 0.387. The first-order valence-corrected chi connectivity index (χ1v) is 14.5. The second kappa shape index (κ2) is 12.0. The van der Waals surface area contributed by atoms with Gasteiger partial charge in [-0.2, -0.15) is 0 Å². The molecule has 8 heteroatoms. The molecule has 4 nitrogen and oxygen atoms in total. The number of quaternary nitrogens is 1. The number of rotatable bonds is 9. The number of anilines is 1. The van der Waals surface area contributed by atoms with Gasteiger partial charge in [0.25, 0.3) is 0 Å². The van der Waals surface area contributed by atoms with Crippen LogP contribution in [0.1, 0.15) is 30.4 Å². The van der Waals surface area contributed by atoms with Crippen molar-refractivity contribution in [2.75, 3.05) is 36.8 Å². The second-order valence-corrected chi connectivity index (χ2v) is 11.9. The summed E-state index contributed by atoms with van der Waals surface area (Å²) in [5, 5.41) is 0. The summed E-state index contributed by atoms with van der Waals surface area (Å²) in [5.41, 5.74) is 2.12. The van der Waals surface area contributed by atoms with Crippen LogP contribution in [0.2, 0.25) is 0 Å². The zero-order valence-corrected chi connectivity index (χ0v) is 22.9. The Balaban J connectivity index is 1.25. The van der Waals surface area contributed by atoms with Gasteiger partial charge in [-0.3, -0.25) is 4.90 Å². The number of nitrogens with zero attached hydrogens (tertiary/aromatic N) is 2. The highest BCUT2D eigenvalue weighted by Gasteiger charge is 2.47. The van der Waals surface area contributed by atoms with Crippen molar-refractivity contribution in [3.05, 3.63) is 95.3 Å². The Labute approximate surface area is 232 Å². The van der Waals surface area contributed by atoms with Crippen molar-refractivity contribution in [3.63, 3.8) is 0 Å². The highest BCUT2D eigenvalue weighted by Crippen LogP contribution is 2.37. The Morgan fingerprint density at radius 1 is 0.974 bits per heavy atom. The molecule has 3 aliphatic heterocycles. The minimum absolute atomic E-state index is 0.0736. The number of aryl methyl sites for hydroxylation is 1. The summed E-state index contributed by atoms with van der Waals surface area (Å²) in [6, 6.07) is 18.1. The number of carbonyl (C=O) groups is 1. The molecule has 3 saturated heterocycles. The monoisotopic (exact) mass is 555 g/mol. The summed E-state index contributed by atoms with van der Waals surface area (Å²) in [6.45, 7) is 5.89. The number of amides is 1. The van der Waals surface area contributed by atoms with Crippen molar-refractivity contribution in [2.24, 2.45) is 5.92 Å². The molecule has 0 radical (unpaired) electrons. The fourth-order valence-corrected chi connectivity index (χ4v) is 6.76. The summed E-state index contributed by atoms with van der Waals surface area (Å²) in [4.78, 5) is 15.8. The van der Waals surface area contributed by atoms with Gasteiger partial charge in [-0.15, -0.1) is 11.8 Å². The largest absolute Gasteiger partial charge is 0.440 e. The highest BCUT2D eigenvalue weighted by molar-refractivity contribution is 7.99. The number of hydrogen-bond donors (Lipinski definition) is 0. The van der Waals surface area contributed by atoms with Crippen molar-refractivity contribution in [1.82, 2.24) is 0 Å². The van der Waals surface area contributed by atoms with Crippen LogP contribution in [-0.4, -0.2) is 48.6 Å². The Bertz CT molecular complexity index is 1310. The number of halogens is 3. The van der Waals surface area contributed by atoms with Gasteiger partial charge in [-0.1, -0.05) is 30.3 Å². The summed E-state index contributed by atoms with van der Waals surface area (Å²) in [6.07, 6.45) is 2.29. The molecule has 3 aliphatic rings. The van der Waals surface area contributed by atoms with Crippen LogP contribution in [0.4, 0.5) is 23.7 Å². The maximum atomic E-state index is 14.0. The molecule has 3 fully saturated rings. The van der Waals surface area contributed by atoms with Crippen molar-refractivity contribution in [3.8, 4) is 0 Å². The standard InChI is InChI=1S/C31H34F3N2O2S/c1-22-6-4-7-25(18-22)35(20-23-10-11-26(32)28(34)19-23)31(37)38-29-21-36(15-12-24(29)13-16-36)14-5-17-39-30-9-3-2-8-27(30)33/h2-4,6-11,18-19,24,29H,5,12-17,20-21H2,1H3/q+1. The van der Waals surface area contributed by atoms with Gasteiger partial charge in [-0.05, 0) is 54.4 Å². The van der Waals surface area contributed by atoms with E-state index in [-0.39, 0.29) is 18.5 Å². The van der Waals surface area contributed by atoms with E-state index in [2.05, 4.69) is 0 Å². The van der Waals surface area contributed by atoms with E-state index < -0.39 is 17.7 Å². The first-order valence-electron chi connectivity index (χ1n) is 13.5. The summed E-state index contributed by atoms with van der Waals surface area (Å²) in [7, 11) is 0. The van der Waals surface area contributed by atoms with Crippen molar-refractivity contribution < 1.29 is 27.2 Å². The predicted molar refractivity (Wildman–Crippen MR) is 148 cm³/mol. The number of piperidine rings is 3. The van der Waals surface area contributed by atoms with Crippen LogP contribution in [0.5, 0.6) is 0 Å². The molecule has 3 heterocycles. The lowest BCUT2D eigenvalue weighted by Crippen LogP contribution is -2.65. The summed E-state index contributed by atoms with van der Waals surface area (Å²) in [5.74, 6) is -0.880. The molecule has 3 aromatic carbocycles. The first-order chi connectivity index (χ1) is 18.8. The van der Waals surface area contributed by atoms with Gasteiger partial charge in [-0.25, -0.2) is 18.0 Å². The third-order valence-electron chi connectivity index (χ3n) is 8.02. The van der Waals surface area contributed by atoms with Crippen molar-refractivity contribution in [1.29, 1.82) is 0 Å². The number of benzene rings is 3. The Morgan fingerprint density at radius 2 is 1.77 bits per heavy atom. The minimum atomic E-state index is -0.943. The van der Waals surface area contributed by atoms with Crippen LogP contribution in [0.3, 0.4) is 0 Å². The third kappa shape index (κ3) is 6.61. The van der Waals surface area contributed by atoms with Gasteiger partial charge in [0.05, 0.1) is 26.2 Å². The Morgan fingerprint density at radius 3 is 2.51 bits per heavy atom. The van der Waals surface area contributed by atoms with E-state index in [1.54, 1.807) is 17.8 Å². The molecule has 0 spiro atoms. The second-order valence-electron chi connectivity index (χ2n) is 10.8. The van der Waals surface area contributed by atoms with E-state index in [1.165, 1.54) is 17.0 Å². The van der Waals surface area contributed by atoms with Gasteiger partial charge in [0.15, 0.2) is 17.7 Å². The van der Waals surface area contributed by atoms with Crippen LogP contribution in [0, 0.1) is 30.3 Å². The number of hydrogen-bond acceptors (Lipinski definition) is 3. The van der Waals surface area contributed by atoms with Crippen LogP contribution < -0.4 is 4.90 Å². The SMILES string of the molecule is Cc1cccc(N(Cc2ccc(F)c(F)c2)C(=O)OC2C[N+]3(CCCSc4ccccc4F)CCC2CC3)c1. The molecule has 0 saturated carbocycles. The molecule has 6 rings (SSSR count). The zero-order chi connectivity index (χ0) is 27.4. The molecular weight excluding hydrogens is 521 g/mol. The Kier molecular flexibility index (Phi) is 8.52. The molecule has 0 aromatic heterocycles. The lowest BCUT2D eigenvalue weighted by molar-refractivity contribution is -0.946. The molecule has 1 unspecified atom stereocenters. The van der Waals surface area contributed by atoms with Gasteiger partial charge in [0, 0.05) is 41.5 Å². The molecule has 0 N–H and O–H groups in total. The average Bonchev–Trinajstić information content (AvgIpc) is 2.93. The van der Waals surface area contributed by atoms with Gasteiger partial charge in [0.1, 0.15) is 12.4 Å². The molecule has 1 amide bonds. The van der Waals surface area contributed by atoms with E-state index in [1.807, 2.05) is 43.3 Å². The van der Waals surface area contributed by atoms with Crippen LogP contribution in [-0.2, 0) is 11.3 Å². The van der Waals surface area contributed by atoms with E-state index in [0.29, 0.717) is 22.1 Å².